The van der Waals surface area contributed by atoms with Crippen molar-refractivity contribution < 1.29 is 47.0 Å². The van der Waals surface area contributed by atoms with E-state index in [2.05, 4.69) is 20.6 Å². The predicted molar refractivity (Wildman–Crippen MR) is 225 cm³/mol. The van der Waals surface area contributed by atoms with Crippen LogP contribution in [0.4, 0.5) is 16.7 Å². The number of likely N-dealkylation sites (tertiary alicyclic amines) is 1. The minimum Gasteiger partial charge on any atom is -0.490 e. The Bertz CT molecular complexity index is 2730. The Kier molecular flexibility index (Phi) is 10.4. The summed E-state index contributed by atoms with van der Waals surface area (Å²) in [6.07, 6.45) is 3.04. The van der Waals surface area contributed by atoms with Crippen molar-refractivity contribution in [2.75, 3.05) is 36.9 Å². The Morgan fingerprint density at radius 2 is 1.11 bits per heavy atom. The second kappa shape index (κ2) is 15.6. The van der Waals surface area contributed by atoms with Crippen molar-refractivity contribution in [2.45, 2.75) is 67.2 Å². The van der Waals surface area contributed by atoms with Gasteiger partial charge in [0.25, 0.3) is 11.8 Å². The number of nitrogens with zero attached hydrogens (tertiary/aromatic N) is 7. The molecule has 2 aromatic carbocycles. The molecule has 6 aromatic rings. The summed E-state index contributed by atoms with van der Waals surface area (Å²) in [4.78, 5) is 85.2. The number of hydrogen-bond donors (Lipinski definition) is 4. The average Bonchev–Trinajstić information content (AvgIpc) is 3.92. The van der Waals surface area contributed by atoms with Gasteiger partial charge < -0.3 is 48.5 Å². The summed E-state index contributed by atoms with van der Waals surface area (Å²) in [5.41, 5.74) is 12.2. The number of imidazole rings is 2. The first-order valence-electron chi connectivity index (χ1n) is 19.9. The summed E-state index contributed by atoms with van der Waals surface area (Å²) >= 11 is 0. The first kappa shape index (κ1) is 42.0. The Balaban J connectivity index is 1.27. The van der Waals surface area contributed by atoms with Crippen molar-refractivity contribution in [1.29, 1.82) is 0 Å². The number of carbonyl (C=O) groups excluding carboxylic acids is 5. The van der Waals surface area contributed by atoms with E-state index in [4.69, 9.17) is 44.5 Å². The minimum absolute atomic E-state index is 0.0108. The van der Waals surface area contributed by atoms with Gasteiger partial charge in [-0.1, -0.05) is 12.2 Å². The quantitative estimate of drug-likeness (QED) is 0.167. The van der Waals surface area contributed by atoms with Gasteiger partial charge in [-0.25, -0.2) is 24.7 Å². The molecule has 21 heteroatoms. The van der Waals surface area contributed by atoms with E-state index in [0.717, 1.165) is 0 Å². The molecule has 1 spiro atoms. The monoisotopic (exact) mass is 863 g/mol. The molecule has 6 heterocycles. The zero-order chi connectivity index (χ0) is 45.1. The second-order valence-electron chi connectivity index (χ2n) is 16.6. The summed E-state index contributed by atoms with van der Waals surface area (Å²) in [7, 11) is 0. The van der Waals surface area contributed by atoms with Crippen molar-refractivity contribution in [3.63, 3.8) is 0 Å². The topological polar surface area (TPSA) is 280 Å². The molecule has 328 valence electrons. The Morgan fingerprint density at radius 1 is 0.683 bits per heavy atom. The maximum absolute atomic E-state index is 13.6. The molecule has 5 amide bonds. The SMILES string of the molecule is Cc1nc(C)c(C(=O)Nc2nc3cc(C(N)=O)cc4c3n2C/C=C/Cn2c(NC(=O)c3oc(C)nc3C)nc3cc(C(N)=O)cc(c32)OCC2(CO4)CN(C(=O)OC(C)(C)C)C2)o1. The van der Waals surface area contributed by atoms with E-state index >= 15 is 0 Å². The van der Waals surface area contributed by atoms with Gasteiger partial charge in [0.1, 0.15) is 41.3 Å². The second-order valence-corrected chi connectivity index (χ2v) is 16.6. The molecule has 1 saturated heterocycles. The van der Waals surface area contributed by atoms with Crippen LogP contribution < -0.4 is 31.6 Å². The van der Waals surface area contributed by atoms with Gasteiger partial charge in [-0.2, -0.15) is 0 Å². The van der Waals surface area contributed by atoms with Crippen LogP contribution in [-0.2, 0) is 17.8 Å². The van der Waals surface area contributed by atoms with Crippen LogP contribution in [0.2, 0.25) is 0 Å². The Hall–Kier alpha value is -7.71. The molecule has 63 heavy (non-hydrogen) atoms. The van der Waals surface area contributed by atoms with Gasteiger partial charge in [-0.15, -0.1) is 0 Å². The molecular weight excluding hydrogens is 819 g/mol. The first-order valence-corrected chi connectivity index (χ1v) is 19.9. The normalized spacial score (nSPS) is 15.4. The summed E-state index contributed by atoms with van der Waals surface area (Å²) in [6, 6.07) is 5.96. The number of allylic oxidation sites excluding steroid dienone is 2. The fourth-order valence-corrected chi connectivity index (χ4v) is 7.58. The molecule has 6 N–H and O–H groups in total. The third kappa shape index (κ3) is 8.23. The fraction of sp³-hybridized carbons (Fsp3) is 0.357. The smallest absolute Gasteiger partial charge is 0.410 e. The number of ether oxygens (including phenoxy) is 3. The van der Waals surface area contributed by atoms with E-state index < -0.39 is 40.7 Å². The van der Waals surface area contributed by atoms with E-state index in [1.165, 1.54) is 29.2 Å². The highest BCUT2D eigenvalue weighted by molar-refractivity contribution is 6.05. The number of amides is 5. The molecule has 0 radical (unpaired) electrons. The number of nitrogens with one attached hydrogen (secondary N) is 2. The Morgan fingerprint density at radius 3 is 1.48 bits per heavy atom. The zero-order valence-corrected chi connectivity index (χ0v) is 35.6. The molecular formula is C42H45N11O10. The maximum Gasteiger partial charge on any atom is 0.410 e. The lowest BCUT2D eigenvalue weighted by molar-refractivity contribution is -0.0692. The highest BCUT2D eigenvalue weighted by Crippen LogP contribution is 2.39. The van der Waals surface area contributed by atoms with Crippen LogP contribution in [0, 0.1) is 33.1 Å². The molecule has 1 fully saturated rings. The number of carbonyl (C=O) groups is 5. The van der Waals surface area contributed by atoms with Gasteiger partial charge >= 0.3 is 6.09 Å². The van der Waals surface area contributed by atoms with Crippen molar-refractivity contribution in [3.8, 4) is 11.5 Å². The van der Waals surface area contributed by atoms with Gasteiger partial charge in [0.05, 0.1) is 27.8 Å². The van der Waals surface area contributed by atoms with Crippen LogP contribution in [0.3, 0.4) is 0 Å². The third-order valence-corrected chi connectivity index (χ3v) is 10.4. The summed E-state index contributed by atoms with van der Waals surface area (Å²) in [5.74, 6) is -1.57. The molecule has 0 atom stereocenters. The average molecular weight is 864 g/mol. The fourth-order valence-electron chi connectivity index (χ4n) is 7.58. The van der Waals surface area contributed by atoms with Gasteiger partial charge in [0.15, 0.2) is 11.8 Å². The van der Waals surface area contributed by atoms with Gasteiger partial charge in [0, 0.05) is 51.2 Å². The van der Waals surface area contributed by atoms with E-state index in [1.54, 1.807) is 69.8 Å². The molecule has 0 aliphatic carbocycles. The number of rotatable bonds is 6. The van der Waals surface area contributed by atoms with E-state index in [1.807, 2.05) is 0 Å². The largest absolute Gasteiger partial charge is 0.490 e. The Labute approximate surface area is 358 Å². The van der Waals surface area contributed by atoms with Crippen LogP contribution in [-0.4, -0.2) is 95.6 Å². The maximum atomic E-state index is 13.6. The van der Waals surface area contributed by atoms with Crippen LogP contribution >= 0.6 is 0 Å². The third-order valence-electron chi connectivity index (χ3n) is 10.4. The van der Waals surface area contributed by atoms with Gasteiger partial charge in [-0.05, 0) is 58.9 Å². The number of hydrogen-bond acceptors (Lipinski definition) is 14. The number of primary amides is 2. The summed E-state index contributed by atoms with van der Waals surface area (Å²) in [6.45, 7) is 12.1. The van der Waals surface area contributed by atoms with Crippen molar-refractivity contribution in [1.82, 2.24) is 34.0 Å². The van der Waals surface area contributed by atoms with Crippen molar-refractivity contribution >= 4 is 63.7 Å². The highest BCUT2D eigenvalue weighted by atomic mass is 16.6. The molecule has 8 rings (SSSR count). The number of anilines is 2. The molecule has 0 bridgehead atoms. The summed E-state index contributed by atoms with van der Waals surface area (Å²) in [5, 5.41) is 5.65. The lowest BCUT2D eigenvalue weighted by Gasteiger charge is -2.49. The standard InChI is InChI=1S/C42H45N11O10/c1-20-32(61-22(3)45-20)36(56)49-38-47-26-12-24(34(43)54)14-28-30(26)52(38)10-8-9-11-53-31-27(48-39(53)50-37(57)33-21(2)46-23(4)62-33)13-25(35(44)55)15-29(31)60-19-42(18-59-28)16-51(17-42)40(58)63-41(5,6)7/h8-9,12-15H,10-11,16-19H2,1-7H3,(H2,43,54)(H2,44,55)(H,47,49,56)(H,48,50,57)/b9-8+. The number of aromatic nitrogens is 6. The first-order chi connectivity index (χ1) is 29.8. The van der Waals surface area contributed by atoms with Crippen molar-refractivity contribution in [3.05, 3.63) is 82.2 Å². The molecule has 4 aromatic heterocycles. The van der Waals surface area contributed by atoms with E-state index in [0.29, 0.717) is 34.2 Å². The van der Waals surface area contributed by atoms with Gasteiger partial charge in [0.2, 0.25) is 35.2 Å². The predicted octanol–water partition coefficient (Wildman–Crippen LogP) is 4.56. The minimum atomic E-state index is -0.910. The van der Waals surface area contributed by atoms with Crippen LogP contribution in [0.1, 0.15) is 85.8 Å². The van der Waals surface area contributed by atoms with Crippen molar-refractivity contribution in [2.24, 2.45) is 16.9 Å². The number of nitrogens with two attached hydrogens (primary N) is 2. The van der Waals surface area contributed by atoms with Gasteiger partial charge in [-0.3, -0.25) is 29.8 Å². The lowest BCUT2D eigenvalue weighted by atomic mass is 9.81. The molecule has 0 unspecified atom stereocenters. The highest BCUT2D eigenvalue weighted by Gasteiger charge is 2.48. The number of oxazole rings is 2. The van der Waals surface area contributed by atoms with Crippen LogP contribution in [0.25, 0.3) is 22.1 Å². The van der Waals surface area contributed by atoms with Crippen LogP contribution in [0.15, 0.2) is 45.3 Å². The molecule has 21 nitrogen and oxygen atoms in total. The van der Waals surface area contributed by atoms with E-state index in [-0.39, 0.29) is 96.5 Å². The number of benzene rings is 2. The van der Waals surface area contributed by atoms with Crippen LogP contribution in [0.5, 0.6) is 11.5 Å². The lowest BCUT2D eigenvalue weighted by Crippen LogP contribution is -2.64. The molecule has 2 aliphatic rings. The molecule has 0 saturated carbocycles. The number of aryl methyl sites for hydroxylation is 4. The van der Waals surface area contributed by atoms with E-state index in [9.17, 15) is 24.0 Å². The summed E-state index contributed by atoms with van der Waals surface area (Å²) < 4.78 is 33.4. The molecule has 2 aliphatic heterocycles. The zero-order valence-electron chi connectivity index (χ0n) is 35.6.